The summed E-state index contributed by atoms with van der Waals surface area (Å²) in [7, 11) is 0. The zero-order chi connectivity index (χ0) is 14.3. The Kier molecular flexibility index (Phi) is 6.15. The summed E-state index contributed by atoms with van der Waals surface area (Å²) in [6, 6.07) is 7.67. The molecule has 1 N–H and O–H groups in total. The molecule has 0 heterocycles. The Labute approximate surface area is 115 Å². The van der Waals surface area contributed by atoms with Crippen LogP contribution in [0.2, 0.25) is 0 Å². The third kappa shape index (κ3) is 5.96. The van der Waals surface area contributed by atoms with E-state index in [0.29, 0.717) is 6.42 Å². The molecule has 2 nitrogen and oxygen atoms in total. The second-order valence-electron chi connectivity index (χ2n) is 4.08. The molecule has 0 saturated heterocycles. The number of alkyl halides is 4. The van der Waals surface area contributed by atoms with E-state index in [1.807, 2.05) is 31.2 Å². The summed E-state index contributed by atoms with van der Waals surface area (Å²) < 4.78 is 37.8. The van der Waals surface area contributed by atoms with Crippen LogP contribution in [0, 0.1) is 6.92 Å². The summed E-state index contributed by atoms with van der Waals surface area (Å²) in [6.07, 6.45) is -3.95. The molecular weight excluding hydrogens is 277 g/mol. The van der Waals surface area contributed by atoms with Gasteiger partial charge in [-0.25, -0.2) is 0 Å². The van der Waals surface area contributed by atoms with E-state index in [4.69, 9.17) is 11.6 Å². The molecule has 0 aliphatic carbocycles. The van der Waals surface area contributed by atoms with Gasteiger partial charge in [-0.15, -0.1) is 11.6 Å². The van der Waals surface area contributed by atoms with Gasteiger partial charge in [0.1, 0.15) is 0 Å². The van der Waals surface area contributed by atoms with E-state index in [2.05, 4.69) is 10.3 Å². The van der Waals surface area contributed by atoms with Gasteiger partial charge in [-0.05, 0) is 18.9 Å². The average Bonchev–Trinajstić information content (AvgIpc) is 2.34. The fourth-order valence-electron chi connectivity index (χ4n) is 1.48. The van der Waals surface area contributed by atoms with Gasteiger partial charge in [-0.3, -0.25) is 4.99 Å². The molecule has 19 heavy (non-hydrogen) atoms. The molecule has 0 unspecified atom stereocenters. The molecule has 1 aromatic rings. The fraction of sp³-hybridized carbons (Fsp3) is 0.462. The largest absolute Gasteiger partial charge is 0.448 e. The van der Waals surface area contributed by atoms with Crippen LogP contribution in [0.25, 0.3) is 0 Å². The Bertz CT molecular complexity index is 413. The van der Waals surface area contributed by atoms with Crippen molar-refractivity contribution in [3.8, 4) is 0 Å². The number of nitrogens with zero attached hydrogens (tertiary/aromatic N) is 1. The summed E-state index contributed by atoms with van der Waals surface area (Å²) >= 11 is 5.34. The second kappa shape index (κ2) is 7.38. The van der Waals surface area contributed by atoms with Gasteiger partial charge in [0.05, 0.1) is 6.54 Å². The number of halogens is 4. The van der Waals surface area contributed by atoms with Crippen LogP contribution >= 0.6 is 11.6 Å². The number of amidine groups is 1. The number of aryl methyl sites for hydroxylation is 1. The van der Waals surface area contributed by atoms with Crippen LogP contribution in [0.4, 0.5) is 13.2 Å². The topological polar surface area (TPSA) is 24.4 Å². The summed E-state index contributed by atoms with van der Waals surface area (Å²) in [4.78, 5) is 3.41. The number of rotatable bonds is 5. The van der Waals surface area contributed by atoms with Crippen molar-refractivity contribution in [2.45, 2.75) is 19.5 Å². The zero-order valence-corrected chi connectivity index (χ0v) is 11.4. The molecular formula is C13H16ClF3N2. The second-order valence-corrected chi connectivity index (χ2v) is 4.46. The molecule has 0 aliphatic heterocycles. The van der Waals surface area contributed by atoms with Crippen molar-refractivity contribution < 1.29 is 13.2 Å². The first-order chi connectivity index (χ1) is 8.93. The average molecular weight is 293 g/mol. The molecule has 0 aliphatic rings. The van der Waals surface area contributed by atoms with E-state index >= 15 is 0 Å². The molecule has 0 spiro atoms. The van der Waals surface area contributed by atoms with Crippen LogP contribution in [0.3, 0.4) is 0 Å². The standard InChI is InChI=1S/C13H16ClF3N2/c1-10-2-4-11(5-3-10)6-8-18-12(13(15,16)17)19-9-7-14/h2-5H,6-9H2,1H3,(H,18,19). The first-order valence-electron chi connectivity index (χ1n) is 5.90. The van der Waals surface area contributed by atoms with E-state index in [9.17, 15) is 13.2 Å². The maximum Gasteiger partial charge on any atom is 0.448 e. The van der Waals surface area contributed by atoms with Crippen molar-refractivity contribution in [1.82, 2.24) is 5.32 Å². The van der Waals surface area contributed by atoms with Crippen LogP contribution < -0.4 is 5.32 Å². The van der Waals surface area contributed by atoms with Crippen molar-refractivity contribution in [2.75, 3.05) is 19.0 Å². The smallest absolute Gasteiger partial charge is 0.366 e. The molecule has 106 valence electrons. The number of benzene rings is 1. The summed E-state index contributed by atoms with van der Waals surface area (Å²) in [6.45, 7) is 2.10. The minimum Gasteiger partial charge on any atom is -0.366 e. The third-order valence-electron chi connectivity index (χ3n) is 2.45. The number of hydrogen-bond donors (Lipinski definition) is 1. The predicted molar refractivity (Wildman–Crippen MR) is 72.0 cm³/mol. The maximum absolute atomic E-state index is 12.6. The number of nitrogens with one attached hydrogen (secondary N) is 1. The van der Waals surface area contributed by atoms with Crippen LogP contribution in [0.5, 0.6) is 0 Å². The molecule has 0 atom stereocenters. The highest BCUT2D eigenvalue weighted by atomic mass is 35.5. The molecule has 0 fully saturated rings. The van der Waals surface area contributed by atoms with Gasteiger partial charge >= 0.3 is 6.18 Å². The van der Waals surface area contributed by atoms with Gasteiger partial charge in [0.15, 0.2) is 0 Å². The first-order valence-corrected chi connectivity index (χ1v) is 6.44. The summed E-state index contributed by atoms with van der Waals surface area (Å²) in [5, 5.41) is 2.32. The Morgan fingerprint density at radius 1 is 1.26 bits per heavy atom. The SMILES string of the molecule is Cc1ccc(CCNC(=NCCCl)C(F)(F)F)cc1. The van der Waals surface area contributed by atoms with Gasteiger partial charge in [-0.1, -0.05) is 29.8 Å². The van der Waals surface area contributed by atoms with Crippen molar-refractivity contribution >= 4 is 17.4 Å². The fourth-order valence-corrected chi connectivity index (χ4v) is 1.56. The molecule has 0 bridgehead atoms. The summed E-state index contributed by atoms with van der Waals surface area (Å²) in [5.74, 6) is -0.889. The van der Waals surface area contributed by atoms with Crippen LogP contribution in [-0.2, 0) is 6.42 Å². The quantitative estimate of drug-likeness (QED) is 0.502. The molecule has 0 amide bonds. The van der Waals surface area contributed by atoms with E-state index in [1.165, 1.54) is 0 Å². The predicted octanol–water partition coefficient (Wildman–Crippen LogP) is 3.33. The Morgan fingerprint density at radius 2 is 1.89 bits per heavy atom. The number of aliphatic imine (C=N–C) groups is 1. The highest BCUT2D eigenvalue weighted by Gasteiger charge is 2.35. The van der Waals surface area contributed by atoms with Gasteiger partial charge in [0.2, 0.25) is 5.84 Å². The highest BCUT2D eigenvalue weighted by molar-refractivity contribution is 6.18. The normalized spacial score (nSPS) is 12.6. The minimum atomic E-state index is -4.46. The molecule has 6 heteroatoms. The monoisotopic (exact) mass is 292 g/mol. The van der Waals surface area contributed by atoms with E-state index < -0.39 is 12.0 Å². The van der Waals surface area contributed by atoms with Crippen molar-refractivity contribution in [3.05, 3.63) is 35.4 Å². The van der Waals surface area contributed by atoms with Crippen LogP contribution in [0.15, 0.2) is 29.3 Å². The molecule has 1 rings (SSSR count). The number of hydrogen-bond acceptors (Lipinski definition) is 1. The molecule has 1 aromatic carbocycles. The van der Waals surface area contributed by atoms with Crippen LogP contribution in [-0.4, -0.2) is 31.0 Å². The van der Waals surface area contributed by atoms with Gasteiger partial charge in [-0.2, -0.15) is 13.2 Å². The maximum atomic E-state index is 12.6. The van der Waals surface area contributed by atoms with Crippen molar-refractivity contribution in [1.29, 1.82) is 0 Å². The van der Waals surface area contributed by atoms with Crippen LogP contribution in [0.1, 0.15) is 11.1 Å². The third-order valence-corrected chi connectivity index (χ3v) is 2.62. The lowest BCUT2D eigenvalue weighted by atomic mass is 10.1. The van der Waals surface area contributed by atoms with Crippen molar-refractivity contribution in [2.24, 2.45) is 4.99 Å². The first kappa shape index (κ1) is 15.8. The molecule has 0 saturated carbocycles. The Morgan fingerprint density at radius 3 is 2.42 bits per heavy atom. The Balaban J connectivity index is 2.51. The van der Waals surface area contributed by atoms with Gasteiger partial charge in [0, 0.05) is 12.4 Å². The van der Waals surface area contributed by atoms with Gasteiger partial charge in [0.25, 0.3) is 0 Å². The highest BCUT2D eigenvalue weighted by Crippen LogP contribution is 2.16. The van der Waals surface area contributed by atoms with Crippen molar-refractivity contribution in [3.63, 3.8) is 0 Å². The van der Waals surface area contributed by atoms with E-state index in [0.717, 1.165) is 11.1 Å². The molecule has 0 aromatic heterocycles. The minimum absolute atomic E-state index is 0.0477. The Hall–Kier alpha value is -1.23. The molecule has 0 radical (unpaired) electrons. The lowest BCUT2D eigenvalue weighted by Crippen LogP contribution is -2.38. The summed E-state index contributed by atoms with van der Waals surface area (Å²) in [5.41, 5.74) is 2.10. The lowest BCUT2D eigenvalue weighted by molar-refractivity contribution is -0.0619. The van der Waals surface area contributed by atoms with E-state index in [-0.39, 0.29) is 19.0 Å². The zero-order valence-electron chi connectivity index (χ0n) is 10.6. The van der Waals surface area contributed by atoms with E-state index in [1.54, 1.807) is 0 Å². The lowest BCUT2D eigenvalue weighted by Gasteiger charge is -2.13. The van der Waals surface area contributed by atoms with Gasteiger partial charge < -0.3 is 5.32 Å².